The van der Waals surface area contributed by atoms with E-state index >= 15 is 0 Å². The molecule has 2 N–H and O–H groups in total. The Morgan fingerprint density at radius 3 is 2.80 bits per heavy atom. The lowest BCUT2D eigenvalue weighted by Gasteiger charge is -1.93. The molecule has 1 aromatic heterocycles. The SMILES string of the molecule is O=Cc1[nH]c2ccc(Br)cc2c1C(=O)O. The number of carbonyl (C=O) groups excluding carboxylic acids is 1. The first-order valence-electron chi connectivity index (χ1n) is 4.13. The average Bonchev–Trinajstić information content (AvgIpc) is 2.55. The molecule has 0 spiro atoms. The number of aromatic nitrogens is 1. The Balaban J connectivity index is 2.88. The van der Waals surface area contributed by atoms with Crippen molar-refractivity contribution in [2.45, 2.75) is 0 Å². The summed E-state index contributed by atoms with van der Waals surface area (Å²) in [6.07, 6.45) is 0.511. The zero-order valence-electron chi connectivity index (χ0n) is 7.45. The van der Waals surface area contributed by atoms with Crippen LogP contribution in [0.15, 0.2) is 22.7 Å². The van der Waals surface area contributed by atoms with Crippen molar-refractivity contribution in [3.05, 3.63) is 33.9 Å². The summed E-state index contributed by atoms with van der Waals surface area (Å²) in [4.78, 5) is 24.4. The molecule has 0 saturated heterocycles. The fraction of sp³-hybridized carbons (Fsp3) is 0. The predicted octanol–water partition coefficient (Wildman–Crippen LogP) is 2.44. The van der Waals surface area contributed by atoms with Crippen molar-refractivity contribution in [2.24, 2.45) is 0 Å². The number of H-pyrrole nitrogens is 1. The van der Waals surface area contributed by atoms with E-state index in [9.17, 15) is 9.59 Å². The molecule has 0 unspecified atom stereocenters. The van der Waals surface area contributed by atoms with Crippen LogP contribution in [0, 0.1) is 0 Å². The van der Waals surface area contributed by atoms with Crippen molar-refractivity contribution in [3.8, 4) is 0 Å². The van der Waals surface area contributed by atoms with Crippen molar-refractivity contribution in [2.75, 3.05) is 0 Å². The number of aldehydes is 1. The number of aromatic carboxylic acids is 1. The lowest BCUT2D eigenvalue weighted by Crippen LogP contribution is -1.99. The molecule has 0 saturated carbocycles. The van der Waals surface area contributed by atoms with Crippen LogP contribution in [-0.2, 0) is 0 Å². The molecule has 15 heavy (non-hydrogen) atoms. The Labute approximate surface area is 93.0 Å². The van der Waals surface area contributed by atoms with Gasteiger partial charge in [-0.3, -0.25) is 4.79 Å². The topological polar surface area (TPSA) is 70.2 Å². The summed E-state index contributed by atoms with van der Waals surface area (Å²) >= 11 is 3.25. The van der Waals surface area contributed by atoms with E-state index in [2.05, 4.69) is 20.9 Å². The van der Waals surface area contributed by atoms with Gasteiger partial charge in [0.05, 0.1) is 11.3 Å². The van der Waals surface area contributed by atoms with Crippen LogP contribution in [0.4, 0.5) is 0 Å². The molecular weight excluding hydrogens is 262 g/mol. The van der Waals surface area contributed by atoms with E-state index in [4.69, 9.17) is 5.11 Å². The van der Waals surface area contributed by atoms with Gasteiger partial charge in [-0.25, -0.2) is 4.79 Å². The first-order valence-corrected chi connectivity index (χ1v) is 4.92. The van der Waals surface area contributed by atoms with E-state index in [-0.39, 0.29) is 11.3 Å². The zero-order valence-corrected chi connectivity index (χ0v) is 9.04. The summed E-state index contributed by atoms with van der Waals surface area (Å²) < 4.78 is 0.772. The van der Waals surface area contributed by atoms with Crippen LogP contribution in [0.3, 0.4) is 0 Å². The molecule has 76 valence electrons. The lowest BCUT2D eigenvalue weighted by molar-refractivity contribution is 0.0696. The van der Waals surface area contributed by atoms with Gasteiger partial charge in [-0.05, 0) is 18.2 Å². The van der Waals surface area contributed by atoms with Crippen LogP contribution in [0.25, 0.3) is 10.9 Å². The highest BCUT2D eigenvalue weighted by Gasteiger charge is 2.17. The molecule has 0 fully saturated rings. The summed E-state index contributed by atoms with van der Waals surface area (Å²) in [6, 6.07) is 5.17. The zero-order chi connectivity index (χ0) is 11.0. The molecule has 0 amide bonds. The number of carbonyl (C=O) groups is 2. The molecule has 0 aliphatic heterocycles. The van der Waals surface area contributed by atoms with Crippen molar-refractivity contribution >= 4 is 39.1 Å². The molecule has 1 aromatic carbocycles. The highest BCUT2D eigenvalue weighted by Crippen LogP contribution is 2.25. The van der Waals surface area contributed by atoms with Crippen molar-refractivity contribution in [1.82, 2.24) is 4.98 Å². The van der Waals surface area contributed by atoms with E-state index in [1.807, 2.05) is 0 Å². The highest BCUT2D eigenvalue weighted by molar-refractivity contribution is 9.10. The van der Waals surface area contributed by atoms with E-state index < -0.39 is 5.97 Å². The number of nitrogens with one attached hydrogen (secondary N) is 1. The minimum atomic E-state index is -1.11. The van der Waals surface area contributed by atoms with Crippen molar-refractivity contribution in [1.29, 1.82) is 0 Å². The minimum absolute atomic E-state index is 0.0151. The van der Waals surface area contributed by atoms with Crippen molar-refractivity contribution in [3.63, 3.8) is 0 Å². The Bertz CT molecular complexity index is 559. The first kappa shape index (κ1) is 9.92. The monoisotopic (exact) mass is 267 g/mol. The van der Waals surface area contributed by atoms with Gasteiger partial charge in [-0.2, -0.15) is 0 Å². The second-order valence-corrected chi connectivity index (χ2v) is 3.94. The molecular formula is C10H6BrNO3. The third-order valence-electron chi connectivity index (χ3n) is 2.12. The molecule has 0 bridgehead atoms. The van der Waals surface area contributed by atoms with E-state index in [1.54, 1.807) is 18.2 Å². The van der Waals surface area contributed by atoms with Crippen molar-refractivity contribution < 1.29 is 14.7 Å². The van der Waals surface area contributed by atoms with Crippen LogP contribution < -0.4 is 0 Å². The quantitative estimate of drug-likeness (QED) is 0.822. The van der Waals surface area contributed by atoms with Gasteiger partial charge in [0.15, 0.2) is 6.29 Å². The van der Waals surface area contributed by atoms with E-state index in [0.29, 0.717) is 17.2 Å². The standard InChI is InChI=1S/C10H6BrNO3/c11-5-1-2-7-6(3-5)9(10(14)15)8(4-13)12-7/h1-4,12H,(H,14,15). The Morgan fingerprint density at radius 1 is 1.47 bits per heavy atom. The third-order valence-corrected chi connectivity index (χ3v) is 2.61. The second-order valence-electron chi connectivity index (χ2n) is 3.03. The lowest BCUT2D eigenvalue weighted by atomic mass is 10.1. The van der Waals surface area contributed by atoms with Crippen LogP contribution >= 0.6 is 15.9 Å². The van der Waals surface area contributed by atoms with Gasteiger partial charge in [-0.15, -0.1) is 0 Å². The van der Waals surface area contributed by atoms with Crippen LogP contribution in [0.5, 0.6) is 0 Å². The molecule has 0 radical (unpaired) electrons. The second kappa shape index (κ2) is 3.51. The number of hydrogen-bond donors (Lipinski definition) is 2. The number of rotatable bonds is 2. The number of carboxylic acid groups (broad SMARTS) is 1. The van der Waals surface area contributed by atoms with Gasteiger partial charge in [-0.1, -0.05) is 15.9 Å². The number of benzene rings is 1. The Hall–Kier alpha value is -1.62. The highest BCUT2D eigenvalue weighted by atomic mass is 79.9. The summed E-state index contributed by atoms with van der Waals surface area (Å²) in [5.41, 5.74) is 0.745. The fourth-order valence-corrected chi connectivity index (χ4v) is 1.86. The smallest absolute Gasteiger partial charge is 0.338 e. The van der Waals surface area contributed by atoms with E-state index in [1.165, 1.54) is 0 Å². The maximum atomic E-state index is 11.0. The summed E-state index contributed by atoms with van der Waals surface area (Å²) in [5, 5.41) is 9.51. The molecule has 2 rings (SSSR count). The molecule has 5 heteroatoms. The number of fused-ring (bicyclic) bond motifs is 1. The summed E-state index contributed by atoms with van der Waals surface area (Å²) in [7, 11) is 0. The molecule has 0 atom stereocenters. The summed E-state index contributed by atoms with van der Waals surface area (Å²) in [5.74, 6) is -1.11. The number of halogens is 1. The molecule has 4 nitrogen and oxygen atoms in total. The van der Waals surface area contributed by atoms with Gasteiger partial charge in [0, 0.05) is 15.4 Å². The molecule has 2 aromatic rings. The van der Waals surface area contributed by atoms with Crippen LogP contribution in [0.1, 0.15) is 20.8 Å². The maximum absolute atomic E-state index is 11.0. The molecule has 0 aliphatic rings. The first-order chi connectivity index (χ1) is 7.13. The third kappa shape index (κ3) is 1.55. The van der Waals surface area contributed by atoms with Crippen LogP contribution in [0.2, 0.25) is 0 Å². The number of hydrogen-bond acceptors (Lipinski definition) is 2. The fourth-order valence-electron chi connectivity index (χ4n) is 1.50. The van der Waals surface area contributed by atoms with Gasteiger partial charge in [0.2, 0.25) is 0 Å². The number of aromatic amines is 1. The Morgan fingerprint density at radius 2 is 2.20 bits per heavy atom. The van der Waals surface area contributed by atoms with Gasteiger partial charge < -0.3 is 10.1 Å². The van der Waals surface area contributed by atoms with Crippen LogP contribution in [-0.4, -0.2) is 22.3 Å². The van der Waals surface area contributed by atoms with Gasteiger partial charge >= 0.3 is 5.97 Å². The minimum Gasteiger partial charge on any atom is -0.478 e. The number of carboxylic acids is 1. The molecule has 1 heterocycles. The van der Waals surface area contributed by atoms with Gasteiger partial charge in [0.1, 0.15) is 0 Å². The normalized spacial score (nSPS) is 10.5. The van der Waals surface area contributed by atoms with Gasteiger partial charge in [0.25, 0.3) is 0 Å². The maximum Gasteiger partial charge on any atom is 0.338 e. The molecule has 0 aliphatic carbocycles. The largest absolute Gasteiger partial charge is 0.478 e. The van der Waals surface area contributed by atoms with E-state index in [0.717, 1.165) is 4.47 Å². The Kier molecular flexibility index (Phi) is 2.32. The summed E-state index contributed by atoms with van der Waals surface area (Å²) in [6.45, 7) is 0. The predicted molar refractivity (Wildman–Crippen MR) is 58.3 cm³/mol. The average molecular weight is 268 g/mol.